The molecule has 208 valence electrons. The van der Waals surface area contributed by atoms with Crippen LogP contribution in [0.4, 0.5) is 11.4 Å². The lowest BCUT2D eigenvalue weighted by Gasteiger charge is -2.42. The predicted molar refractivity (Wildman–Crippen MR) is 161 cm³/mol. The van der Waals surface area contributed by atoms with Gasteiger partial charge in [0.2, 0.25) is 23.6 Å². The highest BCUT2D eigenvalue weighted by atomic mass is 35.5. The first-order chi connectivity index (χ1) is 20.1. The fourth-order valence-electron chi connectivity index (χ4n) is 6.99. The van der Waals surface area contributed by atoms with E-state index in [1.165, 1.54) is 0 Å². The zero-order chi connectivity index (χ0) is 29.5. The standard InChI is InChI=1S/C34H24Cl2N2O4/c1-18-3-12-23(13-4-18)37-30(39)27-25-16-11-22(36)17-26(25)34(20-7-9-21(35)10-8-20)29(28(27)31(37)40)32(41)38(33(34)42)24-14-5-19(2)6-15-24/h3-17,27-29H,1-2H3/t27-,28-,29-,34-/m1/s1. The normalized spacial score (nSPS) is 24.6. The summed E-state index contributed by atoms with van der Waals surface area (Å²) in [4.78, 5) is 60.4. The third kappa shape index (κ3) is 3.52. The number of carbonyl (C=O) groups is 4. The molecule has 42 heavy (non-hydrogen) atoms. The van der Waals surface area contributed by atoms with E-state index in [2.05, 4.69) is 0 Å². The zero-order valence-electron chi connectivity index (χ0n) is 22.7. The highest BCUT2D eigenvalue weighted by molar-refractivity contribution is 6.34. The molecule has 2 aliphatic heterocycles. The highest BCUT2D eigenvalue weighted by Gasteiger charge is 2.72. The number of hydrogen-bond acceptors (Lipinski definition) is 4. The third-order valence-electron chi connectivity index (χ3n) is 8.86. The second-order valence-corrected chi connectivity index (χ2v) is 12.1. The number of rotatable bonds is 3. The van der Waals surface area contributed by atoms with Crippen LogP contribution in [0, 0.1) is 25.7 Å². The second-order valence-electron chi connectivity index (χ2n) is 11.2. The Labute approximate surface area is 252 Å². The van der Waals surface area contributed by atoms with E-state index >= 15 is 0 Å². The van der Waals surface area contributed by atoms with Crippen molar-refractivity contribution in [1.29, 1.82) is 0 Å². The van der Waals surface area contributed by atoms with E-state index in [0.717, 1.165) is 20.9 Å². The number of carbonyl (C=O) groups excluding carboxylic acids is 4. The molecule has 4 amide bonds. The van der Waals surface area contributed by atoms with Crippen LogP contribution in [0.25, 0.3) is 0 Å². The van der Waals surface area contributed by atoms with Crippen LogP contribution in [0.3, 0.4) is 0 Å². The molecule has 4 aromatic rings. The molecule has 0 radical (unpaired) electrons. The Hall–Kier alpha value is -4.26. The molecule has 8 heteroatoms. The molecule has 4 atom stereocenters. The number of nitrogens with zero attached hydrogens (tertiary/aromatic N) is 2. The molecular weight excluding hydrogens is 571 g/mol. The van der Waals surface area contributed by atoms with Gasteiger partial charge in [-0.15, -0.1) is 0 Å². The van der Waals surface area contributed by atoms with Crippen molar-refractivity contribution in [3.63, 3.8) is 0 Å². The van der Waals surface area contributed by atoms with E-state index in [4.69, 9.17) is 23.2 Å². The van der Waals surface area contributed by atoms with Crippen molar-refractivity contribution < 1.29 is 19.2 Å². The molecule has 0 unspecified atom stereocenters. The van der Waals surface area contributed by atoms with Crippen LogP contribution in [-0.2, 0) is 24.6 Å². The fraction of sp³-hybridized carbons (Fsp3) is 0.176. The largest absolute Gasteiger partial charge is 0.274 e. The number of fused-ring (bicyclic) bond motifs is 6. The molecule has 0 bridgehead atoms. The molecule has 6 nitrogen and oxygen atoms in total. The Morgan fingerprint density at radius 2 is 1.17 bits per heavy atom. The van der Waals surface area contributed by atoms with Gasteiger partial charge >= 0.3 is 0 Å². The second kappa shape index (κ2) is 9.38. The maximum atomic E-state index is 14.9. The van der Waals surface area contributed by atoms with Gasteiger partial charge in [-0.05, 0) is 79.1 Å². The Bertz CT molecular complexity index is 1820. The summed E-state index contributed by atoms with van der Waals surface area (Å²) in [5.41, 5.74) is 2.59. The lowest BCUT2D eigenvalue weighted by molar-refractivity contribution is -0.131. The summed E-state index contributed by atoms with van der Waals surface area (Å²) < 4.78 is 0. The maximum absolute atomic E-state index is 14.9. The average molecular weight is 595 g/mol. The summed E-state index contributed by atoms with van der Waals surface area (Å²) in [5, 5.41) is 0.803. The molecule has 0 aromatic heterocycles. The van der Waals surface area contributed by atoms with Gasteiger partial charge in [0.25, 0.3) is 0 Å². The minimum atomic E-state index is -1.62. The highest BCUT2D eigenvalue weighted by Crippen LogP contribution is 2.61. The molecule has 0 saturated carbocycles. The van der Waals surface area contributed by atoms with Crippen molar-refractivity contribution in [1.82, 2.24) is 0 Å². The summed E-state index contributed by atoms with van der Waals surface area (Å²) in [6.07, 6.45) is 0. The Balaban J connectivity index is 1.53. The van der Waals surface area contributed by atoms with Gasteiger partial charge in [-0.1, -0.05) is 76.8 Å². The number of aryl methyl sites for hydroxylation is 2. The minimum Gasteiger partial charge on any atom is -0.274 e. The molecule has 0 N–H and O–H groups in total. The first-order valence-electron chi connectivity index (χ1n) is 13.6. The van der Waals surface area contributed by atoms with Gasteiger partial charge in [-0.2, -0.15) is 0 Å². The SMILES string of the molecule is Cc1ccc(N2C(=O)[C@@H]3[C@H](C2=O)c2ccc(Cl)cc2[C@@]2(c4ccc(Cl)cc4)C(=O)N(c4ccc(C)cc4)C(=O)[C@@H]32)cc1. The molecule has 3 aliphatic rings. The molecule has 7 rings (SSSR count). The first kappa shape index (κ1) is 26.6. The van der Waals surface area contributed by atoms with Gasteiger partial charge in [0.15, 0.2) is 0 Å². The number of benzene rings is 4. The Morgan fingerprint density at radius 1 is 0.619 bits per heavy atom. The van der Waals surface area contributed by atoms with Gasteiger partial charge in [0.1, 0.15) is 5.41 Å². The molecule has 2 saturated heterocycles. The lowest BCUT2D eigenvalue weighted by Crippen LogP contribution is -2.50. The van der Waals surface area contributed by atoms with Crippen LogP contribution in [0.15, 0.2) is 91.0 Å². The van der Waals surface area contributed by atoms with E-state index in [-0.39, 0.29) is 0 Å². The molecular formula is C34H24Cl2N2O4. The van der Waals surface area contributed by atoms with Crippen LogP contribution in [-0.4, -0.2) is 23.6 Å². The maximum Gasteiger partial charge on any atom is 0.249 e. The van der Waals surface area contributed by atoms with Crippen LogP contribution in [0.2, 0.25) is 10.0 Å². The molecule has 0 spiro atoms. The van der Waals surface area contributed by atoms with Gasteiger partial charge < -0.3 is 0 Å². The van der Waals surface area contributed by atoms with Gasteiger partial charge in [0, 0.05) is 10.0 Å². The van der Waals surface area contributed by atoms with E-state index in [9.17, 15) is 19.2 Å². The Kier molecular flexibility index (Phi) is 5.95. The quantitative estimate of drug-likeness (QED) is 0.258. The van der Waals surface area contributed by atoms with Gasteiger partial charge in [-0.3, -0.25) is 19.2 Å². The molecule has 2 heterocycles. The number of halogens is 2. The topological polar surface area (TPSA) is 74.8 Å². The van der Waals surface area contributed by atoms with Gasteiger partial charge in [-0.25, -0.2) is 9.80 Å². The van der Waals surface area contributed by atoms with Gasteiger partial charge in [0.05, 0.1) is 29.1 Å². The molecule has 2 fully saturated rings. The van der Waals surface area contributed by atoms with Crippen molar-refractivity contribution in [2.75, 3.05) is 9.80 Å². The van der Waals surface area contributed by atoms with Crippen molar-refractivity contribution >= 4 is 58.2 Å². The monoisotopic (exact) mass is 594 g/mol. The predicted octanol–water partition coefficient (Wildman–Crippen LogP) is 6.37. The fourth-order valence-corrected chi connectivity index (χ4v) is 7.29. The summed E-state index contributed by atoms with van der Waals surface area (Å²) in [6.45, 7) is 3.83. The number of hydrogen-bond donors (Lipinski definition) is 0. The van der Waals surface area contributed by atoms with Crippen LogP contribution in [0.1, 0.15) is 33.7 Å². The van der Waals surface area contributed by atoms with E-state index in [1.807, 2.05) is 38.1 Å². The average Bonchev–Trinajstić information content (AvgIpc) is 3.37. The van der Waals surface area contributed by atoms with Crippen molar-refractivity contribution in [3.05, 3.63) is 129 Å². The number of amides is 4. The third-order valence-corrected chi connectivity index (χ3v) is 9.35. The van der Waals surface area contributed by atoms with E-state index < -0.39 is 46.8 Å². The summed E-state index contributed by atoms with van der Waals surface area (Å²) >= 11 is 12.8. The number of anilines is 2. The van der Waals surface area contributed by atoms with Crippen LogP contribution in [0.5, 0.6) is 0 Å². The summed E-state index contributed by atoms with van der Waals surface area (Å²) in [5.74, 6) is -5.26. The molecule has 4 aromatic carbocycles. The van der Waals surface area contributed by atoms with E-state index in [0.29, 0.717) is 38.1 Å². The summed E-state index contributed by atoms with van der Waals surface area (Å²) in [6, 6.07) is 25.9. The minimum absolute atomic E-state index is 0.348. The van der Waals surface area contributed by atoms with Crippen molar-refractivity contribution in [3.8, 4) is 0 Å². The number of imide groups is 2. The van der Waals surface area contributed by atoms with Crippen LogP contribution < -0.4 is 9.80 Å². The smallest absolute Gasteiger partial charge is 0.249 e. The lowest BCUT2D eigenvalue weighted by atomic mass is 9.55. The molecule has 1 aliphatic carbocycles. The first-order valence-corrected chi connectivity index (χ1v) is 14.4. The van der Waals surface area contributed by atoms with Crippen molar-refractivity contribution in [2.24, 2.45) is 11.8 Å². The van der Waals surface area contributed by atoms with Crippen LogP contribution >= 0.6 is 23.2 Å². The summed E-state index contributed by atoms with van der Waals surface area (Å²) in [7, 11) is 0. The van der Waals surface area contributed by atoms with Crippen molar-refractivity contribution in [2.45, 2.75) is 25.2 Å². The zero-order valence-corrected chi connectivity index (χ0v) is 24.2. The van der Waals surface area contributed by atoms with E-state index in [1.54, 1.807) is 66.7 Å². The Morgan fingerprint density at radius 3 is 1.76 bits per heavy atom.